The Morgan fingerprint density at radius 3 is 2.74 bits per heavy atom. The highest BCUT2D eigenvalue weighted by molar-refractivity contribution is 14.1. The van der Waals surface area contributed by atoms with Gasteiger partial charge in [-0.15, -0.1) is 0 Å². The molecule has 0 bridgehead atoms. The van der Waals surface area contributed by atoms with Gasteiger partial charge in [0.25, 0.3) is 0 Å². The van der Waals surface area contributed by atoms with Gasteiger partial charge in [0.15, 0.2) is 5.78 Å². The Morgan fingerprint density at radius 2 is 2.05 bits per heavy atom. The number of ether oxygens (including phenoxy) is 1. The summed E-state index contributed by atoms with van der Waals surface area (Å²) in [5.74, 6) is 0.360. The smallest absolute Gasteiger partial charge is 0.168 e. The van der Waals surface area contributed by atoms with Gasteiger partial charge < -0.3 is 4.74 Å². The van der Waals surface area contributed by atoms with Crippen LogP contribution in [0.5, 0.6) is 5.75 Å². The summed E-state index contributed by atoms with van der Waals surface area (Å²) in [6.07, 6.45) is 0.277. The molecule has 2 aromatic rings. The zero-order valence-electron chi connectivity index (χ0n) is 10.3. The molecule has 0 saturated heterocycles. The lowest BCUT2D eigenvalue weighted by molar-refractivity contribution is 0.0992. The molecule has 0 radical (unpaired) electrons. The standard InChI is InChI=1S/C15H12FIO2/c1-19-12-4-2-3-10(7-12)8-15(18)13-6-5-11(16)9-14(13)17/h2-7,9H,8H2,1H3. The van der Waals surface area contributed by atoms with E-state index in [9.17, 15) is 9.18 Å². The van der Waals surface area contributed by atoms with Crippen LogP contribution in [0.3, 0.4) is 0 Å². The van der Waals surface area contributed by atoms with Crippen LogP contribution < -0.4 is 4.74 Å². The van der Waals surface area contributed by atoms with Crippen molar-refractivity contribution in [1.82, 2.24) is 0 Å². The average Bonchev–Trinajstić information content (AvgIpc) is 2.38. The van der Waals surface area contributed by atoms with Crippen molar-refractivity contribution in [1.29, 1.82) is 0 Å². The number of hydrogen-bond acceptors (Lipinski definition) is 2. The largest absolute Gasteiger partial charge is 0.497 e. The van der Waals surface area contributed by atoms with E-state index in [1.54, 1.807) is 7.11 Å². The predicted molar refractivity (Wildman–Crippen MR) is 80.1 cm³/mol. The van der Waals surface area contributed by atoms with E-state index in [4.69, 9.17) is 4.74 Å². The van der Waals surface area contributed by atoms with Gasteiger partial charge in [-0.2, -0.15) is 0 Å². The van der Waals surface area contributed by atoms with Crippen LogP contribution in [0.4, 0.5) is 4.39 Å². The Kier molecular flexibility index (Phi) is 4.52. The molecule has 0 heterocycles. The van der Waals surface area contributed by atoms with E-state index >= 15 is 0 Å². The first-order valence-electron chi connectivity index (χ1n) is 5.71. The third-order valence-electron chi connectivity index (χ3n) is 2.73. The summed E-state index contributed by atoms with van der Waals surface area (Å²) in [7, 11) is 1.59. The molecule has 0 spiro atoms. The van der Waals surface area contributed by atoms with Crippen LogP contribution in [-0.4, -0.2) is 12.9 Å². The number of hydrogen-bond donors (Lipinski definition) is 0. The maximum atomic E-state index is 13.0. The molecule has 2 rings (SSSR count). The zero-order valence-corrected chi connectivity index (χ0v) is 12.5. The van der Waals surface area contributed by atoms with Crippen LogP contribution in [0.2, 0.25) is 0 Å². The first-order valence-corrected chi connectivity index (χ1v) is 6.79. The molecule has 0 aliphatic carbocycles. The Bertz CT molecular complexity index is 611. The average molecular weight is 370 g/mol. The monoisotopic (exact) mass is 370 g/mol. The molecule has 4 heteroatoms. The maximum absolute atomic E-state index is 13.0. The summed E-state index contributed by atoms with van der Waals surface area (Å²) in [6, 6.07) is 11.6. The van der Waals surface area contributed by atoms with Gasteiger partial charge in [0.2, 0.25) is 0 Å². The molecular weight excluding hydrogens is 358 g/mol. The fourth-order valence-corrected chi connectivity index (χ4v) is 2.56. The third-order valence-corrected chi connectivity index (χ3v) is 3.62. The molecule has 98 valence electrons. The van der Waals surface area contributed by atoms with E-state index in [0.29, 0.717) is 9.13 Å². The molecule has 19 heavy (non-hydrogen) atoms. The van der Waals surface area contributed by atoms with Crippen LogP contribution >= 0.6 is 22.6 Å². The highest BCUT2D eigenvalue weighted by atomic mass is 127. The number of Topliss-reactive ketones (excluding diaryl/α,β-unsaturated/α-hetero) is 1. The minimum atomic E-state index is -0.331. The zero-order chi connectivity index (χ0) is 13.8. The van der Waals surface area contributed by atoms with Gasteiger partial charge in [0.05, 0.1) is 7.11 Å². The van der Waals surface area contributed by atoms with E-state index in [2.05, 4.69) is 0 Å². The van der Waals surface area contributed by atoms with Gasteiger partial charge in [0.1, 0.15) is 11.6 Å². The number of benzene rings is 2. The number of rotatable bonds is 4. The van der Waals surface area contributed by atoms with E-state index in [1.165, 1.54) is 18.2 Å². The van der Waals surface area contributed by atoms with Crippen molar-refractivity contribution >= 4 is 28.4 Å². The summed E-state index contributed by atoms with van der Waals surface area (Å²) in [5, 5.41) is 0. The topological polar surface area (TPSA) is 26.3 Å². The van der Waals surface area contributed by atoms with Crippen LogP contribution in [0.1, 0.15) is 15.9 Å². The second-order valence-electron chi connectivity index (χ2n) is 4.08. The van der Waals surface area contributed by atoms with Crippen molar-refractivity contribution in [2.24, 2.45) is 0 Å². The molecule has 0 aromatic heterocycles. The maximum Gasteiger partial charge on any atom is 0.168 e. The second kappa shape index (κ2) is 6.14. The quantitative estimate of drug-likeness (QED) is 0.604. The van der Waals surface area contributed by atoms with Gasteiger partial charge in [-0.25, -0.2) is 4.39 Å². The minimum Gasteiger partial charge on any atom is -0.497 e. The normalized spacial score (nSPS) is 10.3. The van der Waals surface area contributed by atoms with Crippen LogP contribution in [0, 0.1) is 9.39 Å². The molecule has 2 nitrogen and oxygen atoms in total. The number of carbonyl (C=O) groups excluding carboxylic acids is 1. The molecule has 0 aliphatic rings. The number of halogens is 2. The highest BCUT2D eigenvalue weighted by Crippen LogP contribution is 2.18. The molecule has 2 aromatic carbocycles. The molecule has 0 aliphatic heterocycles. The molecule has 0 fully saturated rings. The summed E-state index contributed by atoms with van der Waals surface area (Å²) < 4.78 is 18.8. The van der Waals surface area contributed by atoms with Crippen molar-refractivity contribution in [3.05, 3.63) is 63.0 Å². The predicted octanol–water partition coefficient (Wildman–Crippen LogP) is 3.86. The molecule has 0 atom stereocenters. The summed E-state index contributed by atoms with van der Waals surface area (Å²) in [4.78, 5) is 12.2. The lowest BCUT2D eigenvalue weighted by Gasteiger charge is -2.06. The van der Waals surface area contributed by atoms with E-state index < -0.39 is 0 Å². The van der Waals surface area contributed by atoms with Crippen molar-refractivity contribution in [3.8, 4) is 5.75 Å². The molecule has 0 amide bonds. The van der Waals surface area contributed by atoms with Crippen molar-refractivity contribution in [2.45, 2.75) is 6.42 Å². The number of carbonyl (C=O) groups is 1. The Labute approximate surface area is 124 Å². The van der Waals surface area contributed by atoms with Crippen LogP contribution in [0.25, 0.3) is 0 Å². The summed E-state index contributed by atoms with van der Waals surface area (Å²) >= 11 is 1.97. The lowest BCUT2D eigenvalue weighted by Crippen LogP contribution is -2.06. The SMILES string of the molecule is COc1cccc(CC(=O)c2ccc(F)cc2I)c1. The van der Waals surface area contributed by atoms with Gasteiger partial charge in [0, 0.05) is 15.6 Å². The summed E-state index contributed by atoms with van der Waals surface area (Å²) in [5.41, 5.74) is 1.43. The molecule has 0 N–H and O–H groups in total. The van der Waals surface area contributed by atoms with Gasteiger partial charge in [-0.1, -0.05) is 12.1 Å². The Morgan fingerprint density at radius 1 is 1.26 bits per heavy atom. The highest BCUT2D eigenvalue weighted by Gasteiger charge is 2.11. The lowest BCUT2D eigenvalue weighted by atomic mass is 10.0. The fourth-order valence-electron chi connectivity index (χ4n) is 1.78. The van der Waals surface area contributed by atoms with Crippen LogP contribution in [-0.2, 0) is 6.42 Å². The number of ketones is 1. The van der Waals surface area contributed by atoms with E-state index in [0.717, 1.165) is 11.3 Å². The third kappa shape index (κ3) is 3.53. The van der Waals surface area contributed by atoms with E-state index in [1.807, 2.05) is 46.9 Å². The molecule has 0 saturated carbocycles. The fraction of sp³-hybridized carbons (Fsp3) is 0.133. The molecular formula is C15H12FIO2. The van der Waals surface area contributed by atoms with Crippen molar-refractivity contribution < 1.29 is 13.9 Å². The Balaban J connectivity index is 2.20. The molecule has 0 unspecified atom stereocenters. The summed E-state index contributed by atoms with van der Waals surface area (Å²) in [6.45, 7) is 0. The second-order valence-corrected chi connectivity index (χ2v) is 5.24. The first kappa shape index (κ1) is 14.0. The van der Waals surface area contributed by atoms with Gasteiger partial charge in [-0.05, 0) is 58.5 Å². The minimum absolute atomic E-state index is 0.0300. The Hall–Kier alpha value is -1.43. The number of methoxy groups -OCH3 is 1. The first-order chi connectivity index (χ1) is 9.10. The van der Waals surface area contributed by atoms with Gasteiger partial charge >= 0.3 is 0 Å². The van der Waals surface area contributed by atoms with Crippen molar-refractivity contribution in [2.75, 3.05) is 7.11 Å². The van der Waals surface area contributed by atoms with Crippen molar-refractivity contribution in [3.63, 3.8) is 0 Å². The van der Waals surface area contributed by atoms with Crippen LogP contribution in [0.15, 0.2) is 42.5 Å². The van der Waals surface area contributed by atoms with Gasteiger partial charge in [-0.3, -0.25) is 4.79 Å². The van der Waals surface area contributed by atoms with E-state index in [-0.39, 0.29) is 18.0 Å².